The van der Waals surface area contributed by atoms with Crippen LogP contribution in [0.15, 0.2) is 40.7 Å². The van der Waals surface area contributed by atoms with Crippen molar-refractivity contribution < 1.29 is 9.53 Å². The highest BCUT2D eigenvalue weighted by Gasteiger charge is 2.21. The van der Waals surface area contributed by atoms with Crippen LogP contribution < -0.4 is 0 Å². The van der Waals surface area contributed by atoms with Crippen LogP contribution >= 0.6 is 0 Å². The van der Waals surface area contributed by atoms with Gasteiger partial charge in [0, 0.05) is 6.20 Å². The van der Waals surface area contributed by atoms with E-state index in [1.165, 1.54) is 13.5 Å². The number of hydrogen-bond donors (Lipinski definition) is 0. The summed E-state index contributed by atoms with van der Waals surface area (Å²) >= 11 is 0. The molecule has 0 saturated heterocycles. The van der Waals surface area contributed by atoms with Crippen LogP contribution in [0.4, 0.5) is 0 Å². The van der Waals surface area contributed by atoms with Gasteiger partial charge in [0.25, 0.3) is 0 Å². The maximum atomic E-state index is 11.6. The van der Waals surface area contributed by atoms with Crippen LogP contribution in [0.1, 0.15) is 52.1 Å². The number of aromatic nitrogens is 1. The smallest absolute Gasteiger partial charge is 0.335 e. The molecule has 0 unspecified atom stereocenters. The quantitative estimate of drug-likeness (QED) is 0.792. The molecular formula is C17H24N2O2. The van der Waals surface area contributed by atoms with Crippen LogP contribution in [0.5, 0.6) is 0 Å². The molecule has 1 aromatic rings. The van der Waals surface area contributed by atoms with E-state index in [9.17, 15) is 4.79 Å². The van der Waals surface area contributed by atoms with Crippen LogP contribution in [0, 0.1) is 0 Å². The fourth-order valence-electron chi connectivity index (χ4n) is 2.03. The highest BCUT2D eigenvalue weighted by molar-refractivity contribution is 6.02. The van der Waals surface area contributed by atoms with Crippen LogP contribution in [0.2, 0.25) is 0 Å². The summed E-state index contributed by atoms with van der Waals surface area (Å²) in [6.07, 6.45) is 5.12. The summed E-state index contributed by atoms with van der Waals surface area (Å²) in [7, 11) is 1.40. The molecule has 0 spiro atoms. The molecule has 0 atom stereocenters. The minimum absolute atomic E-state index is 0.268. The number of allylic oxidation sites excluding steroid dienone is 1. The Morgan fingerprint density at radius 2 is 1.95 bits per heavy atom. The summed E-state index contributed by atoms with van der Waals surface area (Å²) < 4.78 is 4.78. The largest absolute Gasteiger partial charge is 0.466 e. The standard InChI is InChI=1S/C14H16N2O2.C3H8/c1-3-11-10(14(17)18-2)7-8-13(16-11)12-6-4-5-9-15-12;1-3-2/h4-6,9H,3,7-8H2,1-2H3;3H2,1-2H3. The van der Waals surface area contributed by atoms with Gasteiger partial charge in [-0.05, 0) is 31.4 Å². The summed E-state index contributed by atoms with van der Waals surface area (Å²) in [5, 5.41) is 0. The normalized spacial score (nSPS) is 14.0. The lowest BCUT2D eigenvalue weighted by atomic mass is 9.99. The number of esters is 1. The van der Waals surface area contributed by atoms with E-state index in [1.807, 2.05) is 25.1 Å². The van der Waals surface area contributed by atoms with E-state index < -0.39 is 0 Å². The van der Waals surface area contributed by atoms with Gasteiger partial charge in [-0.25, -0.2) is 4.79 Å². The molecule has 1 aromatic heterocycles. The van der Waals surface area contributed by atoms with E-state index in [4.69, 9.17) is 4.74 Å². The van der Waals surface area contributed by atoms with Crippen LogP contribution in [0.3, 0.4) is 0 Å². The van der Waals surface area contributed by atoms with Gasteiger partial charge in [0.05, 0.1) is 29.8 Å². The topological polar surface area (TPSA) is 51.5 Å². The molecule has 0 aliphatic carbocycles. The predicted octanol–water partition coefficient (Wildman–Crippen LogP) is 3.92. The van der Waals surface area contributed by atoms with Gasteiger partial charge < -0.3 is 4.74 Å². The fraction of sp³-hybridized carbons (Fsp3) is 0.471. The first-order valence-electron chi connectivity index (χ1n) is 7.47. The second-order valence-electron chi connectivity index (χ2n) is 4.75. The van der Waals surface area contributed by atoms with E-state index in [0.29, 0.717) is 12.0 Å². The molecular weight excluding hydrogens is 264 g/mol. The first-order valence-corrected chi connectivity index (χ1v) is 7.47. The zero-order valence-corrected chi connectivity index (χ0v) is 13.3. The number of carbonyl (C=O) groups excluding carboxylic acids is 1. The third-order valence-electron chi connectivity index (χ3n) is 2.96. The van der Waals surface area contributed by atoms with Crippen molar-refractivity contribution >= 4 is 11.7 Å². The zero-order valence-electron chi connectivity index (χ0n) is 13.3. The number of ether oxygens (including phenoxy) is 1. The lowest BCUT2D eigenvalue weighted by Crippen LogP contribution is -2.15. The Kier molecular flexibility index (Phi) is 7.37. The SMILES string of the molecule is CCC.CCC1=C(C(=O)OC)CCC(c2ccccn2)=N1. The molecule has 0 saturated carbocycles. The van der Waals surface area contributed by atoms with Gasteiger partial charge in [0.15, 0.2) is 0 Å². The van der Waals surface area contributed by atoms with Crippen molar-refractivity contribution in [3.63, 3.8) is 0 Å². The lowest BCUT2D eigenvalue weighted by molar-refractivity contribution is -0.136. The van der Waals surface area contributed by atoms with E-state index in [0.717, 1.165) is 29.9 Å². The Morgan fingerprint density at radius 1 is 1.24 bits per heavy atom. The van der Waals surface area contributed by atoms with Crippen molar-refractivity contribution in [2.24, 2.45) is 4.99 Å². The Hall–Kier alpha value is -1.97. The second kappa shape index (κ2) is 9.06. The molecule has 4 nitrogen and oxygen atoms in total. The van der Waals surface area contributed by atoms with Gasteiger partial charge in [0.1, 0.15) is 0 Å². The Balaban J connectivity index is 0.000000677. The third kappa shape index (κ3) is 4.81. The minimum atomic E-state index is -0.268. The summed E-state index contributed by atoms with van der Waals surface area (Å²) in [5.74, 6) is -0.268. The van der Waals surface area contributed by atoms with Gasteiger partial charge in [-0.1, -0.05) is 33.3 Å². The highest BCUT2D eigenvalue weighted by atomic mass is 16.5. The lowest BCUT2D eigenvalue weighted by Gasteiger charge is -2.16. The summed E-state index contributed by atoms with van der Waals surface area (Å²) in [5.41, 5.74) is 3.33. The average Bonchev–Trinajstić information content (AvgIpc) is 2.55. The second-order valence-corrected chi connectivity index (χ2v) is 4.75. The van der Waals surface area contributed by atoms with Crippen LogP contribution in [0.25, 0.3) is 0 Å². The zero-order chi connectivity index (χ0) is 15.7. The molecule has 1 aliphatic heterocycles. The fourth-order valence-corrected chi connectivity index (χ4v) is 2.03. The average molecular weight is 288 g/mol. The van der Waals surface area contributed by atoms with Crippen molar-refractivity contribution in [2.75, 3.05) is 7.11 Å². The molecule has 114 valence electrons. The molecule has 0 radical (unpaired) electrons. The number of hydrogen-bond acceptors (Lipinski definition) is 4. The van der Waals surface area contributed by atoms with Crippen molar-refractivity contribution in [3.05, 3.63) is 41.4 Å². The van der Waals surface area contributed by atoms with E-state index >= 15 is 0 Å². The molecule has 4 heteroatoms. The van der Waals surface area contributed by atoms with Gasteiger partial charge in [-0.2, -0.15) is 0 Å². The van der Waals surface area contributed by atoms with E-state index in [-0.39, 0.29) is 5.97 Å². The van der Waals surface area contributed by atoms with Gasteiger partial charge in [-0.15, -0.1) is 0 Å². The maximum Gasteiger partial charge on any atom is 0.335 e. The van der Waals surface area contributed by atoms with Crippen molar-refractivity contribution in [1.29, 1.82) is 0 Å². The predicted molar refractivity (Wildman–Crippen MR) is 85.3 cm³/mol. The van der Waals surface area contributed by atoms with Crippen molar-refractivity contribution in [3.8, 4) is 0 Å². The number of carbonyl (C=O) groups is 1. The number of pyridine rings is 1. The molecule has 1 aliphatic rings. The Labute approximate surface area is 127 Å². The monoisotopic (exact) mass is 288 g/mol. The molecule has 0 N–H and O–H groups in total. The van der Waals surface area contributed by atoms with Crippen molar-refractivity contribution in [1.82, 2.24) is 4.98 Å². The number of nitrogens with zero attached hydrogens (tertiary/aromatic N) is 2. The molecule has 0 fully saturated rings. The van der Waals surface area contributed by atoms with Gasteiger partial charge in [-0.3, -0.25) is 9.98 Å². The first kappa shape index (κ1) is 17.1. The van der Waals surface area contributed by atoms with Crippen molar-refractivity contribution in [2.45, 2.75) is 46.5 Å². The molecule has 2 rings (SSSR count). The molecule has 0 bridgehead atoms. The molecule has 2 heterocycles. The van der Waals surface area contributed by atoms with Gasteiger partial charge in [0.2, 0.25) is 0 Å². The number of aliphatic imine (C=N–C) groups is 1. The molecule has 21 heavy (non-hydrogen) atoms. The summed E-state index contributed by atoms with van der Waals surface area (Å²) in [6.45, 7) is 6.24. The molecule has 0 aromatic carbocycles. The van der Waals surface area contributed by atoms with E-state index in [2.05, 4.69) is 23.8 Å². The van der Waals surface area contributed by atoms with Gasteiger partial charge >= 0.3 is 5.97 Å². The van der Waals surface area contributed by atoms with Crippen LogP contribution in [-0.4, -0.2) is 23.8 Å². The Morgan fingerprint density at radius 3 is 2.48 bits per heavy atom. The van der Waals surface area contributed by atoms with Crippen LogP contribution in [-0.2, 0) is 9.53 Å². The Bertz CT molecular complexity index is 519. The first-order chi connectivity index (χ1) is 10.2. The van der Waals surface area contributed by atoms with E-state index in [1.54, 1.807) is 6.20 Å². The summed E-state index contributed by atoms with van der Waals surface area (Å²) in [4.78, 5) is 20.5. The highest BCUT2D eigenvalue weighted by Crippen LogP contribution is 2.24. The minimum Gasteiger partial charge on any atom is -0.466 e. The summed E-state index contributed by atoms with van der Waals surface area (Å²) in [6, 6.07) is 5.76. The number of methoxy groups -OCH3 is 1. The third-order valence-corrected chi connectivity index (χ3v) is 2.96. The maximum absolute atomic E-state index is 11.6. The number of rotatable bonds is 3. The molecule has 0 amide bonds.